The largest absolute Gasteiger partial charge is 0.343 e. The van der Waals surface area contributed by atoms with Gasteiger partial charge in [0.2, 0.25) is 0 Å². The lowest BCUT2D eigenvalue weighted by molar-refractivity contribution is -0.180. The van der Waals surface area contributed by atoms with Gasteiger partial charge in [0, 0.05) is 20.9 Å². The zero-order chi connectivity index (χ0) is 25.4. The van der Waals surface area contributed by atoms with Crippen LogP contribution in [-0.4, -0.2) is 28.5 Å². The van der Waals surface area contributed by atoms with Crippen LogP contribution in [0.15, 0.2) is 60.7 Å². The Morgan fingerprint density at radius 3 is 1.63 bits per heavy atom. The van der Waals surface area contributed by atoms with E-state index < -0.39 is 41.3 Å². The molecule has 0 spiro atoms. The van der Waals surface area contributed by atoms with Gasteiger partial charge in [-0.15, -0.1) is 22.7 Å². The molecule has 10 heteroatoms. The van der Waals surface area contributed by atoms with Gasteiger partial charge in [-0.2, -0.15) is 17.6 Å². The fourth-order valence-corrected chi connectivity index (χ4v) is 5.25. The first-order valence-electron chi connectivity index (χ1n) is 10.3. The van der Waals surface area contributed by atoms with Crippen molar-refractivity contribution in [3.63, 3.8) is 0 Å². The zero-order valence-electron chi connectivity index (χ0n) is 18.5. The quantitative estimate of drug-likeness (QED) is 0.226. The molecule has 0 aliphatic heterocycles. The van der Waals surface area contributed by atoms with Crippen LogP contribution in [0.3, 0.4) is 0 Å². The Bertz CT molecular complexity index is 1360. The van der Waals surface area contributed by atoms with Gasteiger partial charge in [0.05, 0.1) is 11.3 Å². The summed E-state index contributed by atoms with van der Waals surface area (Å²) in [7, 11) is 0. The Hall–Kier alpha value is -2.98. The minimum atomic E-state index is -5.19. The molecule has 35 heavy (non-hydrogen) atoms. The highest BCUT2D eigenvalue weighted by atomic mass is 32.1. The number of aromatic nitrogens is 2. The summed E-state index contributed by atoms with van der Waals surface area (Å²) < 4.78 is 87.8. The summed E-state index contributed by atoms with van der Waals surface area (Å²) in [6.45, 7) is 0.155. The number of allylic oxidation sites excluding steroid dienone is 1. The molecular formula is C25H18F6N2S2. The van der Waals surface area contributed by atoms with Gasteiger partial charge in [0.1, 0.15) is 15.7 Å². The van der Waals surface area contributed by atoms with E-state index in [0.717, 1.165) is 22.7 Å². The molecule has 0 bridgehead atoms. The molecule has 0 saturated heterocycles. The van der Waals surface area contributed by atoms with Crippen molar-refractivity contribution < 1.29 is 26.3 Å². The van der Waals surface area contributed by atoms with Crippen molar-refractivity contribution in [2.75, 3.05) is 6.67 Å². The lowest BCUT2D eigenvalue weighted by atomic mass is 9.96. The van der Waals surface area contributed by atoms with Crippen LogP contribution in [0.4, 0.5) is 26.3 Å². The van der Waals surface area contributed by atoms with Gasteiger partial charge >= 0.3 is 11.8 Å². The van der Waals surface area contributed by atoms with E-state index >= 15 is 13.2 Å². The second-order valence-corrected chi connectivity index (χ2v) is 10.1. The van der Waals surface area contributed by atoms with Crippen molar-refractivity contribution in [3.05, 3.63) is 81.8 Å². The molecule has 0 atom stereocenters. The third kappa shape index (κ3) is 4.64. The van der Waals surface area contributed by atoms with E-state index in [1.807, 2.05) is 0 Å². The zero-order valence-corrected chi connectivity index (χ0v) is 20.1. The molecule has 4 aromatic rings. The topological polar surface area (TPSA) is 25.8 Å². The lowest BCUT2D eigenvalue weighted by Crippen LogP contribution is -2.43. The van der Waals surface area contributed by atoms with Crippen LogP contribution in [0.25, 0.3) is 32.5 Å². The third-order valence-electron chi connectivity index (χ3n) is 5.24. The van der Waals surface area contributed by atoms with Gasteiger partial charge < -0.3 is 0 Å². The van der Waals surface area contributed by atoms with Gasteiger partial charge in [-0.05, 0) is 13.8 Å². The van der Waals surface area contributed by atoms with E-state index in [1.165, 1.54) is 13.8 Å². The number of hydrogen-bond donors (Lipinski definition) is 0. The molecule has 0 aliphatic carbocycles. The molecule has 0 unspecified atom stereocenters. The van der Waals surface area contributed by atoms with E-state index in [9.17, 15) is 13.2 Å². The van der Waals surface area contributed by atoms with Gasteiger partial charge in [-0.3, -0.25) is 0 Å². The molecule has 182 valence electrons. The number of alkyl halides is 5. The standard InChI is InChI=1S/C25H18F6N2S2/c1-14-20(32-22(34-14)16-9-5-3-6-10-16)18(25(30,31)24(28,29)13-26)19(27)21-15(2)35-23(33-21)17-11-7-4-8-12-17/h3-12H,13H2,1-2H3. The van der Waals surface area contributed by atoms with Crippen LogP contribution in [0, 0.1) is 13.8 Å². The molecule has 0 radical (unpaired) electrons. The third-order valence-corrected chi connectivity index (χ3v) is 7.28. The van der Waals surface area contributed by atoms with E-state index in [4.69, 9.17) is 0 Å². The average Bonchev–Trinajstić information content (AvgIpc) is 3.43. The smallest absolute Gasteiger partial charge is 0.244 e. The minimum absolute atomic E-state index is 0.0829. The number of aryl methyl sites for hydroxylation is 2. The Kier molecular flexibility index (Phi) is 6.88. The summed E-state index contributed by atoms with van der Waals surface area (Å²) in [6, 6.07) is 17.1. The molecule has 0 fully saturated rings. The van der Waals surface area contributed by atoms with Gasteiger partial charge in [0.15, 0.2) is 12.5 Å². The highest BCUT2D eigenvalue weighted by Crippen LogP contribution is 2.50. The molecule has 0 N–H and O–H groups in total. The second-order valence-electron chi connectivity index (χ2n) is 7.68. The number of benzene rings is 2. The van der Waals surface area contributed by atoms with Crippen LogP contribution in [0.5, 0.6) is 0 Å². The van der Waals surface area contributed by atoms with Crippen LogP contribution in [0.2, 0.25) is 0 Å². The van der Waals surface area contributed by atoms with Crippen LogP contribution >= 0.6 is 22.7 Å². The number of hydrogen-bond acceptors (Lipinski definition) is 4. The van der Waals surface area contributed by atoms with Crippen LogP contribution < -0.4 is 0 Å². The van der Waals surface area contributed by atoms with Gasteiger partial charge in [0.25, 0.3) is 0 Å². The first-order chi connectivity index (χ1) is 16.6. The van der Waals surface area contributed by atoms with E-state index in [-0.39, 0.29) is 14.8 Å². The Morgan fingerprint density at radius 2 is 1.17 bits per heavy atom. The fourth-order valence-electron chi connectivity index (χ4n) is 3.41. The van der Waals surface area contributed by atoms with Crippen molar-refractivity contribution in [1.29, 1.82) is 0 Å². The van der Waals surface area contributed by atoms with Gasteiger partial charge in [-0.1, -0.05) is 60.7 Å². The normalized spacial score (nSPS) is 13.1. The highest BCUT2D eigenvalue weighted by Gasteiger charge is 2.61. The predicted molar refractivity (Wildman–Crippen MR) is 128 cm³/mol. The van der Waals surface area contributed by atoms with Crippen LogP contribution in [0.1, 0.15) is 21.1 Å². The summed E-state index contributed by atoms with van der Waals surface area (Å²) in [5.74, 6) is -12.0. The molecule has 0 aliphatic rings. The fraction of sp³-hybridized carbons (Fsp3) is 0.200. The van der Waals surface area contributed by atoms with Gasteiger partial charge in [-0.25, -0.2) is 18.7 Å². The molecule has 0 saturated carbocycles. The SMILES string of the molecule is Cc1sc(-c2ccccc2)nc1C(F)=C(c1nc(-c2ccccc2)sc1C)C(F)(F)C(F)(F)CF. The summed E-state index contributed by atoms with van der Waals surface area (Å²) in [6.07, 6.45) is 0. The summed E-state index contributed by atoms with van der Waals surface area (Å²) in [5.41, 5.74) is -1.68. The molecular weight excluding hydrogens is 506 g/mol. The van der Waals surface area contributed by atoms with Crippen molar-refractivity contribution in [1.82, 2.24) is 9.97 Å². The van der Waals surface area contributed by atoms with E-state index in [0.29, 0.717) is 16.1 Å². The monoisotopic (exact) mass is 524 g/mol. The maximum absolute atomic E-state index is 15.9. The van der Waals surface area contributed by atoms with E-state index in [2.05, 4.69) is 9.97 Å². The molecule has 4 rings (SSSR count). The van der Waals surface area contributed by atoms with Crippen molar-refractivity contribution in [2.45, 2.75) is 25.7 Å². The highest BCUT2D eigenvalue weighted by molar-refractivity contribution is 7.15. The Morgan fingerprint density at radius 1 is 0.743 bits per heavy atom. The van der Waals surface area contributed by atoms with Crippen molar-refractivity contribution in [2.24, 2.45) is 0 Å². The first-order valence-corrected chi connectivity index (χ1v) is 12.0. The molecule has 2 aromatic carbocycles. The maximum Gasteiger partial charge on any atom is 0.343 e. The van der Waals surface area contributed by atoms with E-state index in [1.54, 1.807) is 60.7 Å². The number of rotatable bonds is 7. The molecule has 0 amide bonds. The minimum Gasteiger partial charge on any atom is -0.244 e. The Labute approximate surface area is 205 Å². The number of nitrogens with zero attached hydrogens (tertiary/aromatic N) is 2. The number of thiazole rings is 2. The lowest BCUT2D eigenvalue weighted by Gasteiger charge is -2.26. The summed E-state index contributed by atoms with van der Waals surface area (Å²) in [5, 5.41) is 0.566. The Balaban J connectivity index is 1.95. The predicted octanol–water partition coefficient (Wildman–Crippen LogP) is 8.63. The second kappa shape index (κ2) is 9.58. The molecule has 2 heterocycles. The molecule has 2 aromatic heterocycles. The van der Waals surface area contributed by atoms with Crippen molar-refractivity contribution >= 4 is 34.1 Å². The maximum atomic E-state index is 15.9. The first kappa shape index (κ1) is 25.1. The van der Waals surface area contributed by atoms with Crippen molar-refractivity contribution in [3.8, 4) is 21.1 Å². The number of halogens is 6. The molecule has 2 nitrogen and oxygen atoms in total. The average molecular weight is 525 g/mol. The summed E-state index contributed by atoms with van der Waals surface area (Å²) >= 11 is 1.98. The summed E-state index contributed by atoms with van der Waals surface area (Å²) in [4.78, 5) is 8.51. The van der Waals surface area contributed by atoms with Crippen LogP contribution in [-0.2, 0) is 0 Å².